The van der Waals surface area contributed by atoms with E-state index in [-0.39, 0.29) is 5.91 Å². The van der Waals surface area contributed by atoms with Gasteiger partial charge in [0.2, 0.25) is 5.91 Å². The summed E-state index contributed by atoms with van der Waals surface area (Å²) in [7, 11) is 1.68. The lowest BCUT2D eigenvalue weighted by atomic mass is 9.95. The lowest BCUT2D eigenvalue weighted by Crippen LogP contribution is -2.54. The Morgan fingerprint density at radius 3 is 2.29 bits per heavy atom. The van der Waals surface area contributed by atoms with Gasteiger partial charge in [-0.15, -0.1) is 0 Å². The topological polar surface area (TPSA) is 82.8 Å². The average Bonchev–Trinajstić information content (AvgIpc) is 3.24. The number of hydrogen-bond acceptors (Lipinski definition) is 5. The maximum atomic E-state index is 11.6. The first-order chi connectivity index (χ1) is 10.1. The summed E-state index contributed by atoms with van der Waals surface area (Å²) in [6, 6.07) is 0.462. The first-order valence-corrected chi connectivity index (χ1v) is 7.80. The van der Waals surface area contributed by atoms with Gasteiger partial charge >= 0.3 is 0 Å². The number of nitrogens with one attached hydrogen (secondary N) is 1. The molecule has 0 radical (unpaired) electrons. The molecule has 0 spiro atoms. The number of hydrogen-bond donors (Lipinski definition) is 2. The van der Waals surface area contributed by atoms with Crippen molar-refractivity contribution < 1.29 is 19.0 Å². The van der Waals surface area contributed by atoms with Gasteiger partial charge in [0, 0.05) is 33.0 Å². The first-order valence-electron chi connectivity index (χ1n) is 7.80. The molecule has 124 valence electrons. The molecule has 0 aromatic heterocycles. The van der Waals surface area contributed by atoms with Gasteiger partial charge in [-0.25, -0.2) is 0 Å². The fraction of sp³-hybridized carbons (Fsp3) is 0.933. The van der Waals surface area contributed by atoms with E-state index in [1.54, 1.807) is 7.11 Å². The molecule has 0 aromatic rings. The molecule has 1 amide bonds. The van der Waals surface area contributed by atoms with Crippen LogP contribution in [0.2, 0.25) is 0 Å². The molecule has 0 heterocycles. The molecule has 1 aliphatic carbocycles. The molecule has 1 saturated carbocycles. The maximum Gasteiger partial charge on any atom is 0.237 e. The second-order valence-electron chi connectivity index (χ2n) is 5.79. The summed E-state index contributed by atoms with van der Waals surface area (Å²) >= 11 is 0. The fourth-order valence-electron chi connectivity index (χ4n) is 2.10. The smallest absolute Gasteiger partial charge is 0.237 e. The highest BCUT2D eigenvalue weighted by atomic mass is 16.5. The highest BCUT2D eigenvalue weighted by molar-refractivity contribution is 5.84. The SMILES string of the molecule is COCCCOCCOCCCC(C)(NC1CC1)C(N)=O. The van der Waals surface area contributed by atoms with Gasteiger partial charge < -0.3 is 25.3 Å². The summed E-state index contributed by atoms with van der Waals surface area (Å²) in [5, 5.41) is 3.33. The van der Waals surface area contributed by atoms with Crippen LogP contribution < -0.4 is 11.1 Å². The van der Waals surface area contributed by atoms with E-state index in [1.807, 2.05) is 6.92 Å². The van der Waals surface area contributed by atoms with Crippen molar-refractivity contribution in [1.29, 1.82) is 0 Å². The Morgan fingerprint density at radius 2 is 1.76 bits per heavy atom. The van der Waals surface area contributed by atoms with E-state index in [9.17, 15) is 4.79 Å². The normalized spacial score (nSPS) is 17.6. The summed E-state index contributed by atoms with van der Waals surface area (Å²) in [6.07, 6.45) is 4.69. The van der Waals surface area contributed by atoms with E-state index in [0.29, 0.717) is 38.9 Å². The van der Waals surface area contributed by atoms with Crippen molar-refractivity contribution in [2.45, 2.75) is 50.6 Å². The number of nitrogens with two attached hydrogens (primary N) is 1. The number of methoxy groups -OCH3 is 1. The minimum absolute atomic E-state index is 0.282. The zero-order valence-corrected chi connectivity index (χ0v) is 13.4. The van der Waals surface area contributed by atoms with E-state index < -0.39 is 5.54 Å². The Bertz CT molecular complexity index is 297. The molecular formula is C15H30N2O4. The Balaban J connectivity index is 1.97. The molecule has 0 bridgehead atoms. The van der Waals surface area contributed by atoms with Crippen molar-refractivity contribution in [1.82, 2.24) is 5.32 Å². The van der Waals surface area contributed by atoms with Crippen molar-refractivity contribution in [3.8, 4) is 0 Å². The molecule has 1 rings (SSSR count). The summed E-state index contributed by atoms with van der Waals surface area (Å²) in [5.41, 5.74) is 4.89. The van der Waals surface area contributed by atoms with Gasteiger partial charge in [0.05, 0.1) is 18.8 Å². The third-order valence-corrected chi connectivity index (χ3v) is 3.62. The van der Waals surface area contributed by atoms with E-state index in [1.165, 1.54) is 0 Å². The van der Waals surface area contributed by atoms with Gasteiger partial charge in [0.25, 0.3) is 0 Å². The summed E-state index contributed by atoms with van der Waals surface area (Å²) in [4.78, 5) is 11.6. The van der Waals surface area contributed by atoms with Gasteiger partial charge in [0.15, 0.2) is 0 Å². The number of primary amides is 1. The largest absolute Gasteiger partial charge is 0.385 e. The number of carbonyl (C=O) groups excluding carboxylic acids is 1. The molecule has 0 aromatic carbocycles. The Kier molecular flexibility index (Phi) is 8.84. The summed E-state index contributed by atoms with van der Waals surface area (Å²) in [5.74, 6) is -0.282. The summed E-state index contributed by atoms with van der Waals surface area (Å²) < 4.78 is 15.8. The quantitative estimate of drug-likeness (QED) is 0.464. The Labute approximate surface area is 127 Å². The zero-order chi connectivity index (χ0) is 15.6. The molecule has 1 atom stereocenters. The van der Waals surface area contributed by atoms with Crippen molar-refractivity contribution in [3.05, 3.63) is 0 Å². The van der Waals surface area contributed by atoms with E-state index in [0.717, 1.165) is 32.3 Å². The maximum absolute atomic E-state index is 11.6. The molecule has 3 N–H and O–H groups in total. The van der Waals surface area contributed by atoms with Crippen molar-refractivity contribution >= 4 is 5.91 Å². The minimum Gasteiger partial charge on any atom is -0.385 e. The third-order valence-electron chi connectivity index (χ3n) is 3.62. The van der Waals surface area contributed by atoms with Crippen LogP contribution in [-0.4, -0.2) is 57.6 Å². The second kappa shape index (κ2) is 10.1. The van der Waals surface area contributed by atoms with Gasteiger partial charge in [-0.2, -0.15) is 0 Å². The van der Waals surface area contributed by atoms with Crippen molar-refractivity contribution in [2.24, 2.45) is 5.73 Å². The minimum atomic E-state index is -0.610. The number of ether oxygens (including phenoxy) is 3. The van der Waals surface area contributed by atoms with Gasteiger partial charge in [-0.1, -0.05) is 0 Å². The molecule has 1 fully saturated rings. The van der Waals surface area contributed by atoms with Crippen LogP contribution in [0, 0.1) is 0 Å². The molecule has 1 unspecified atom stereocenters. The summed E-state index contributed by atoms with van der Waals surface area (Å²) in [6.45, 7) is 5.10. The fourth-order valence-corrected chi connectivity index (χ4v) is 2.10. The van der Waals surface area contributed by atoms with Gasteiger partial charge in [0.1, 0.15) is 0 Å². The van der Waals surface area contributed by atoms with Crippen LogP contribution in [-0.2, 0) is 19.0 Å². The van der Waals surface area contributed by atoms with Crippen LogP contribution in [0.15, 0.2) is 0 Å². The zero-order valence-electron chi connectivity index (χ0n) is 13.4. The molecule has 21 heavy (non-hydrogen) atoms. The van der Waals surface area contributed by atoms with Crippen LogP contribution in [0.5, 0.6) is 0 Å². The highest BCUT2D eigenvalue weighted by Gasteiger charge is 2.36. The van der Waals surface area contributed by atoms with E-state index in [4.69, 9.17) is 19.9 Å². The van der Waals surface area contributed by atoms with Crippen LogP contribution in [0.25, 0.3) is 0 Å². The van der Waals surface area contributed by atoms with E-state index >= 15 is 0 Å². The Morgan fingerprint density at radius 1 is 1.14 bits per heavy atom. The van der Waals surface area contributed by atoms with Crippen LogP contribution in [0.3, 0.4) is 0 Å². The standard InChI is InChI=1S/C15H30N2O4/c1-15(14(16)18,17-13-5-6-13)7-3-9-20-11-12-21-10-4-8-19-2/h13,17H,3-12H2,1-2H3,(H2,16,18). The lowest BCUT2D eigenvalue weighted by molar-refractivity contribution is -0.124. The molecule has 6 heteroatoms. The van der Waals surface area contributed by atoms with Crippen LogP contribution in [0.4, 0.5) is 0 Å². The second-order valence-corrected chi connectivity index (χ2v) is 5.79. The number of rotatable bonds is 14. The lowest BCUT2D eigenvalue weighted by Gasteiger charge is -2.27. The predicted octanol–water partition coefficient (Wildman–Crippen LogP) is 0.832. The van der Waals surface area contributed by atoms with Crippen LogP contribution in [0.1, 0.15) is 39.0 Å². The van der Waals surface area contributed by atoms with Crippen LogP contribution >= 0.6 is 0 Å². The van der Waals surface area contributed by atoms with Gasteiger partial charge in [-0.3, -0.25) is 4.79 Å². The molecule has 0 aliphatic heterocycles. The van der Waals surface area contributed by atoms with Crippen molar-refractivity contribution in [3.63, 3.8) is 0 Å². The molecule has 0 saturated heterocycles. The van der Waals surface area contributed by atoms with E-state index in [2.05, 4.69) is 5.32 Å². The number of amides is 1. The average molecular weight is 302 g/mol. The van der Waals surface area contributed by atoms with Crippen molar-refractivity contribution in [2.75, 3.05) is 40.1 Å². The Hall–Kier alpha value is -0.690. The molecular weight excluding hydrogens is 272 g/mol. The monoisotopic (exact) mass is 302 g/mol. The first kappa shape index (κ1) is 18.4. The predicted molar refractivity (Wildman–Crippen MR) is 81.1 cm³/mol. The number of carbonyl (C=O) groups is 1. The van der Waals surface area contributed by atoms with Gasteiger partial charge in [-0.05, 0) is 39.0 Å². The molecule has 6 nitrogen and oxygen atoms in total. The third kappa shape index (κ3) is 8.36. The molecule has 1 aliphatic rings. The highest BCUT2D eigenvalue weighted by Crippen LogP contribution is 2.24.